The van der Waals surface area contributed by atoms with Crippen molar-refractivity contribution in [2.24, 2.45) is 0 Å². The third kappa shape index (κ3) is 5.52. The first-order valence-corrected chi connectivity index (χ1v) is 10.4. The summed E-state index contributed by atoms with van der Waals surface area (Å²) in [5, 5.41) is 12.5. The molecule has 0 spiro atoms. The normalized spacial score (nSPS) is 17.0. The number of carbonyl (C=O) groups excluding carboxylic acids is 1. The molecule has 0 aliphatic carbocycles. The lowest BCUT2D eigenvalue weighted by Gasteiger charge is -2.22. The molecule has 30 heavy (non-hydrogen) atoms. The van der Waals surface area contributed by atoms with Crippen LogP contribution in [0.1, 0.15) is 31.9 Å². The van der Waals surface area contributed by atoms with E-state index in [0.717, 1.165) is 24.3 Å². The minimum atomic E-state index is -0.0528. The molecular weight excluding hydrogens is 406 g/mol. The molecule has 0 bridgehead atoms. The van der Waals surface area contributed by atoms with Gasteiger partial charge in [-0.1, -0.05) is 23.7 Å². The summed E-state index contributed by atoms with van der Waals surface area (Å²) in [6.45, 7) is 5.39. The van der Waals surface area contributed by atoms with E-state index in [2.05, 4.69) is 20.2 Å². The van der Waals surface area contributed by atoms with Crippen molar-refractivity contribution in [1.82, 2.24) is 15.3 Å². The number of amides is 1. The van der Waals surface area contributed by atoms with E-state index in [1.165, 1.54) is 6.92 Å². The van der Waals surface area contributed by atoms with Gasteiger partial charge in [0, 0.05) is 33.5 Å². The fourth-order valence-electron chi connectivity index (χ4n) is 3.44. The maximum Gasteiger partial charge on any atom is 0.227 e. The number of halogens is 1. The second-order valence-electron chi connectivity index (χ2n) is 7.45. The third-order valence-corrected chi connectivity index (χ3v) is 5.30. The van der Waals surface area contributed by atoms with Crippen LogP contribution < -0.4 is 19.9 Å². The number of nitrogens with zero attached hydrogens (tertiary/aromatic N) is 4. The van der Waals surface area contributed by atoms with E-state index in [-0.39, 0.29) is 24.7 Å². The average molecular weight is 434 g/mol. The number of anilines is 2. The molecule has 1 saturated heterocycles. The molecule has 0 unspecified atom stereocenters. The highest BCUT2D eigenvalue weighted by atomic mass is 35.5. The molecule has 1 fully saturated rings. The second kappa shape index (κ2) is 9.95. The summed E-state index contributed by atoms with van der Waals surface area (Å²) in [4.78, 5) is 23.9. The van der Waals surface area contributed by atoms with Gasteiger partial charge in [-0.15, -0.1) is 0 Å². The van der Waals surface area contributed by atoms with Crippen LogP contribution in [0.5, 0.6) is 5.75 Å². The first kappa shape index (κ1) is 22.1. The van der Waals surface area contributed by atoms with Crippen LogP contribution in [-0.2, 0) is 4.79 Å². The number of aromatic nitrogens is 2. The number of aliphatic hydroxyl groups excluding tert-OH is 1. The predicted octanol–water partition coefficient (Wildman–Crippen LogP) is 2.41. The van der Waals surface area contributed by atoms with Crippen molar-refractivity contribution in [2.45, 2.75) is 32.4 Å². The van der Waals surface area contributed by atoms with Crippen molar-refractivity contribution in [3.05, 3.63) is 41.0 Å². The van der Waals surface area contributed by atoms with Gasteiger partial charge in [-0.05, 0) is 24.6 Å². The molecule has 2 aromatic rings. The molecule has 1 aromatic heterocycles. The van der Waals surface area contributed by atoms with Crippen molar-refractivity contribution < 1.29 is 14.6 Å². The topological polar surface area (TPSA) is 90.8 Å². The molecule has 9 heteroatoms. The second-order valence-corrected chi connectivity index (χ2v) is 7.86. The quantitative estimate of drug-likeness (QED) is 0.660. The molecule has 2 heterocycles. The molecule has 0 radical (unpaired) electrons. The maximum atomic E-state index is 11.2. The fourth-order valence-corrected chi connectivity index (χ4v) is 3.65. The van der Waals surface area contributed by atoms with Gasteiger partial charge in [0.2, 0.25) is 11.9 Å². The molecule has 162 valence electrons. The highest BCUT2D eigenvalue weighted by Gasteiger charge is 2.27. The smallest absolute Gasteiger partial charge is 0.227 e. The predicted molar refractivity (Wildman–Crippen MR) is 117 cm³/mol. The van der Waals surface area contributed by atoms with Crippen LogP contribution in [0.15, 0.2) is 30.5 Å². The van der Waals surface area contributed by atoms with Crippen LogP contribution in [-0.4, -0.2) is 60.4 Å². The van der Waals surface area contributed by atoms with E-state index < -0.39 is 0 Å². The highest BCUT2D eigenvalue weighted by Crippen LogP contribution is 2.29. The molecule has 1 aromatic carbocycles. The zero-order valence-corrected chi connectivity index (χ0v) is 18.3. The molecule has 2 atom stereocenters. The Morgan fingerprint density at radius 1 is 1.43 bits per heavy atom. The molecule has 1 aliphatic heterocycles. The third-order valence-electron chi connectivity index (χ3n) is 5.04. The van der Waals surface area contributed by atoms with Gasteiger partial charge in [0.15, 0.2) is 5.82 Å². The van der Waals surface area contributed by atoms with Crippen LogP contribution in [0.3, 0.4) is 0 Å². The molecule has 0 saturated carbocycles. The summed E-state index contributed by atoms with van der Waals surface area (Å²) >= 11 is 6.34. The Morgan fingerprint density at radius 2 is 2.17 bits per heavy atom. The van der Waals surface area contributed by atoms with E-state index in [1.54, 1.807) is 11.1 Å². The Morgan fingerprint density at radius 3 is 2.83 bits per heavy atom. The number of hydrogen-bond donors (Lipinski definition) is 2. The van der Waals surface area contributed by atoms with E-state index in [0.29, 0.717) is 29.9 Å². The lowest BCUT2D eigenvalue weighted by Crippen LogP contribution is -2.28. The lowest BCUT2D eigenvalue weighted by atomic mass is 10.1. The van der Waals surface area contributed by atoms with Crippen LogP contribution >= 0.6 is 11.6 Å². The number of benzene rings is 1. The highest BCUT2D eigenvalue weighted by molar-refractivity contribution is 6.32. The van der Waals surface area contributed by atoms with E-state index >= 15 is 0 Å². The van der Waals surface area contributed by atoms with Crippen LogP contribution in [0.2, 0.25) is 5.02 Å². The molecule has 1 amide bonds. The van der Waals surface area contributed by atoms with Gasteiger partial charge >= 0.3 is 0 Å². The van der Waals surface area contributed by atoms with Gasteiger partial charge < -0.3 is 25.0 Å². The Hall–Kier alpha value is -2.58. The summed E-state index contributed by atoms with van der Waals surface area (Å²) in [5.41, 5.74) is 1.03. The molecular formula is C21H28ClN5O3. The van der Waals surface area contributed by atoms with Crippen LogP contribution in [0.4, 0.5) is 11.8 Å². The fraction of sp³-hybridized carbons (Fsp3) is 0.476. The Bertz CT molecular complexity index is 864. The summed E-state index contributed by atoms with van der Waals surface area (Å²) < 4.78 is 6.14. The summed E-state index contributed by atoms with van der Waals surface area (Å²) in [7, 11) is 1.83. The van der Waals surface area contributed by atoms with Crippen molar-refractivity contribution in [3.63, 3.8) is 0 Å². The van der Waals surface area contributed by atoms with Crippen molar-refractivity contribution in [1.29, 1.82) is 0 Å². The van der Waals surface area contributed by atoms with Gasteiger partial charge in [-0.25, -0.2) is 4.98 Å². The summed E-state index contributed by atoms with van der Waals surface area (Å²) in [6, 6.07) is 7.74. The number of nitrogens with one attached hydrogen (secondary N) is 1. The van der Waals surface area contributed by atoms with E-state index in [9.17, 15) is 4.79 Å². The summed E-state index contributed by atoms with van der Waals surface area (Å²) in [5.74, 6) is 1.94. The van der Waals surface area contributed by atoms with Crippen molar-refractivity contribution in [2.75, 3.05) is 43.1 Å². The van der Waals surface area contributed by atoms with Crippen LogP contribution in [0.25, 0.3) is 0 Å². The first-order valence-electron chi connectivity index (χ1n) is 10.0. The molecule has 2 N–H and O–H groups in total. The number of likely N-dealkylation sites (N-methyl/N-ethyl adjacent to an activating group) is 1. The number of rotatable bonds is 8. The standard InChI is InChI=1S/C21H28ClN5O3/c1-14(24-15(2)29)16-4-6-17(7-5-16)30-18-8-9-27(13-18)20-19(22)12-23-21(25-20)26(3)10-11-28/h4-7,12,14,18,28H,8-11,13H2,1-3H3,(H,24,29)/t14-,18+/m0/s1. The molecule has 3 rings (SSSR count). The summed E-state index contributed by atoms with van der Waals surface area (Å²) in [6.07, 6.45) is 2.47. The van der Waals surface area contributed by atoms with Crippen molar-refractivity contribution in [3.8, 4) is 5.75 Å². The number of hydrogen-bond acceptors (Lipinski definition) is 7. The lowest BCUT2D eigenvalue weighted by molar-refractivity contribution is -0.119. The van der Waals surface area contributed by atoms with E-state index in [1.807, 2.05) is 38.2 Å². The van der Waals surface area contributed by atoms with Crippen molar-refractivity contribution >= 4 is 29.3 Å². The SMILES string of the molecule is CC(=O)N[C@@H](C)c1ccc(O[C@@H]2CCN(c3nc(N(C)CCO)ncc3Cl)C2)cc1. The Balaban J connectivity index is 1.62. The van der Waals surface area contributed by atoms with Gasteiger partial charge in [-0.2, -0.15) is 4.98 Å². The van der Waals surface area contributed by atoms with Crippen LogP contribution in [0, 0.1) is 0 Å². The minimum absolute atomic E-state index is 0.0215. The molecule has 8 nitrogen and oxygen atoms in total. The van der Waals surface area contributed by atoms with Gasteiger partial charge in [0.05, 0.1) is 25.4 Å². The zero-order valence-electron chi connectivity index (χ0n) is 17.5. The number of aliphatic hydroxyl groups is 1. The van der Waals surface area contributed by atoms with Gasteiger partial charge in [0.25, 0.3) is 0 Å². The zero-order chi connectivity index (χ0) is 21.7. The van der Waals surface area contributed by atoms with E-state index in [4.69, 9.17) is 21.4 Å². The maximum absolute atomic E-state index is 11.2. The number of carbonyl (C=O) groups is 1. The largest absolute Gasteiger partial charge is 0.489 e. The Kier molecular flexibility index (Phi) is 7.33. The van der Waals surface area contributed by atoms with Gasteiger partial charge in [-0.3, -0.25) is 4.79 Å². The number of ether oxygens (including phenoxy) is 1. The average Bonchev–Trinajstić information content (AvgIpc) is 3.16. The molecule has 1 aliphatic rings. The minimum Gasteiger partial charge on any atom is -0.489 e. The first-order chi connectivity index (χ1) is 14.4. The van der Waals surface area contributed by atoms with Gasteiger partial charge in [0.1, 0.15) is 16.9 Å². The monoisotopic (exact) mass is 433 g/mol. The Labute approximate surface area is 181 Å².